The van der Waals surface area contributed by atoms with Crippen molar-refractivity contribution in [1.82, 2.24) is 4.90 Å². The maximum absolute atomic E-state index is 12.9. The van der Waals surface area contributed by atoms with Crippen LogP contribution in [0.25, 0.3) is 0 Å². The number of hydrogen-bond donors (Lipinski definition) is 1. The molecule has 2 bridgehead atoms. The summed E-state index contributed by atoms with van der Waals surface area (Å²) >= 11 is 0. The molecule has 4 rings (SSSR count). The highest BCUT2D eigenvalue weighted by Gasteiger charge is 2.60. The highest BCUT2D eigenvalue weighted by molar-refractivity contribution is 6.11. The number of rotatable bonds is 5. The van der Waals surface area contributed by atoms with Crippen LogP contribution in [0.2, 0.25) is 0 Å². The van der Waals surface area contributed by atoms with Crippen molar-refractivity contribution in [3.8, 4) is 5.75 Å². The molecule has 2 aliphatic carbocycles. The Morgan fingerprint density at radius 3 is 2.38 bits per heavy atom. The predicted octanol–water partition coefficient (Wildman–Crippen LogP) is 2.22. The van der Waals surface area contributed by atoms with Crippen molar-refractivity contribution in [2.45, 2.75) is 25.8 Å². The number of ether oxygens (including phenoxy) is 1. The quantitative estimate of drug-likeness (QED) is 0.650. The Morgan fingerprint density at radius 2 is 1.81 bits per heavy atom. The van der Waals surface area contributed by atoms with E-state index in [0.29, 0.717) is 17.9 Å². The van der Waals surface area contributed by atoms with E-state index in [9.17, 15) is 14.4 Å². The van der Waals surface area contributed by atoms with Crippen molar-refractivity contribution in [3.05, 3.63) is 36.4 Å². The number of amides is 3. The first-order chi connectivity index (χ1) is 12.6. The van der Waals surface area contributed by atoms with Gasteiger partial charge in [0.1, 0.15) is 11.8 Å². The molecular weight excluding hydrogens is 332 g/mol. The molecular formula is C20H22N2O4. The lowest BCUT2D eigenvalue weighted by molar-refractivity contribution is -0.147. The van der Waals surface area contributed by atoms with Crippen molar-refractivity contribution in [1.29, 1.82) is 0 Å². The standard InChI is InChI=1S/C20H22N2O4/c1-3-14(18(23)21-13-6-4-5-7-15(13)26-2)22-19(24)16-11-8-9-12(10-11)17(16)20(22)25/h4-9,11-12,14,16-17H,3,10H2,1-2H3,(H,21,23). The van der Waals surface area contributed by atoms with Gasteiger partial charge in [-0.25, -0.2) is 0 Å². The van der Waals surface area contributed by atoms with Gasteiger partial charge in [-0.05, 0) is 36.8 Å². The number of carbonyl (C=O) groups is 3. The third-order valence-corrected chi connectivity index (χ3v) is 5.87. The maximum Gasteiger partial charge on any atom is 0.247 e. The summed E-state index contributed by atoms with van der Waals surface area (Å²) in [4.78, 5) is 39.9. The highest BCUT2D eigenvalue weighted by atomic mass is 16.5. The largest absolute Gasteiger partial charge is 0.495 e. The van der Waals surface area contributed by atoms with Crippen LogP contribution < -0.4 is 10.1 Å². The number of methoxy groups -OCH3 is 1. The molecule has 1 aliphatic heterocycles. The zero-order chi connectivity index (χ0) is 18.4. The van der Waals surface area contributed by atoms with Gasteiger partial charge in [-0.3, -0.25) is 19.3 Å². The second-order valence-corrected chi connectivity index (χ2v) is 7.16. The minimum atomic E-state index is -0.801. The number of imide groups is 1. The molecule has 1 heterocycles. The zero-order valence-electron chi connectivity index (χ0n) is 14.8. The molecule has 3 amide bonds. The fraction of sp³-hybridized carbons (Fsp3) is 0.450. The Bertz CT molecular complexity index is 773. The number of benzene rings is 1. The molecule has 1 saturated carbocycles. The molecule has 26 heavy (non-hydrogen) atoms. The number of nitrogens with zero attached hydrogens (tertiary/aromatic N) is 1. The normalized spacial score (nSPS) is 29.8. The molecule has 0 spiro atoms. The van der Waals surface area contributed by atoms with E-state index in [4.69, 9.17) is 4.74 Å². The van der Waals surface area contributed by atoms with E-state index in [1.54, 1.807) is 18.2 Å². The molecule has 1 aromatic rings. The molecule has 3 aliphatic rings. The van der Waals surface area contributed by atoms with E-state index < -0.39 is 6.04 Å². The van der Waals surface area contributed by atoms with Gasteiger partial charge >= 0.3 is 0 Å². The number of likely N-dealkylation sites (tertiary alicyclic amines) is 1. The molecule has 2 fully saturated rings. The second kappa shape index (κ2) is 6.27. The molecule has 5 unspecified atom stereocenters. The van der Waals surface area contributed by atoms with E-state index in [-0.39, 0.29) is 41.4 Å². The molecule has 0 aromatic heterocycles. The minimum absolute atomic E-state index is 0.140. The summed E-state index contributed by atoms with van der Waals surface area (Å²) in [7, 11) is 1.53. The number of carbonyl (C=O) groups excluding carboxylic acids is 3. The van der Waals surface area contributed by atoms with Gasteiger partial charge in [-0.2, -0.15) is 0 Å². The summed E-state index contributed by atoms with van der Waals surface area (Å²) in [5, 5.41) is 2.81. The zero-order valence-corrected chi connectivity index (χ0v) is 14.8. The van der Waals surface area contributed by atoms with E-state index in [1.807, 2.05) is 13.0 Å². The van der Waals surface area contributed by atoms with Gasteiger partial charge in [0.15, 0.2) is 0 Å². The summed E-state index contributed by atoms with van der Waals surface area (Å²) in [6, 6.07) is 6.28. The first-order valence-corrected chi connectivity index (χ1v) is 9.06. The SMILES string of the molecule is CCC(C(=O)Nc1ccccc1OC)N1C(=O)C2C3C=CC(C3)C2C1=O. The Balaban J connectivity index is 1.57. The van der Waals surface area contributed by atoms with Gasteiger partial charge < -0.3 is 10.1 Å². The highest BCUT2D eigenvalue weighted by Crippen LogP contribution is 2.53. The predicted molar refractivity (Wildman–Crippen MR) is 95.3 cm³/mol. The van der Waals surface area contributed by atoms with Crippen molar-refractivity contribution in [2.75, 3.05) is 12.4 Å². The van der Waals surface area contributed by atoms with Crippen LogP contribution in [-0.4, -0.2) is 35.8 Å². The fourth-order valence-corrected chi connectivity index (χ4v) is 4.68. The third kappa shape index (κ3) is 2.35. The molecule has 0 radical (unpaired) electrons. The van der Waals surface area contributed by atoms with Crippen molar-refractivity contribution in [2.24, 2.45) is 23.7 Å². The van der Waals surface area contributed by atoms with E-state index in [2.05, 4.69) is 17.5 Å². The second-order valence-electron chi connectivity index (χ2n) is 7.16. The Morgan fingerprint density at radius 1 is 1.19 bits per heavy atom. The third-order valence-electron chi connectivity index (χ3n) is 5.87. The van der Waals surface area contributed by atoms with Gasteiger partial charge in [0.25, 0.3) is 0 Å². The van der Waals surface area contributed by atoms with Crippen LogP contribution in [0.4, 0.5) is 5.69 Å². The van der Waals surface area contributed by atoms with Crippen LogP contribution in [0, 0.1) is 23.7 Å². The van der Waals surface area contributed by atoms with Crippen LogP contribution in [0.5, 0.6) is 5.75 Å². The number of allylic oxidation sites excluding steroid dienone is 2. The first kappa shape index (κ1) is 16.8. The molecule has 1 N–H and O–H groups in total. The van der Waals surface area contributed by atoms with E-state index in [1.165, 1.54) is 12.0 Å². The minimum Gasteiger partial charge on any atom is -0.495 e. The smallest absolute Gasteiger partial charge is 0.247 e. The molecule has 1 aromatic carbocycles. The molecule has 6 heteroatoms. The Labute approximate surface area is 152 Å². The summed E-state index contributed by atoms with van der Waals surface area (Å²) < 4.78 is 5.25. The molecule has 1 saturated heterocycles. The molecule has 6 nitrogen and oxygen atoms in total. The van der Waals surface area contributed by atoms with Crippen LogP contribution in [0.15, 0.2) is 36.4 Å². The number of anilines is 1. The van der Waals surface area contributed by atoms with Gasteiger partial charge in [0, 0.05) is 0 Å². The summed E-state index contributed by atoms with van der Waals surface area (Å²) in [5.41, 5.74) is 0.527. The van der Waals surface area contributed by atoms with E-state index >= 15 is 0 Å². The van der Waals surface area contributed by atoms with Crippen molar-refractivity contribution in [3.63, 3.8) is 0 Å². The first-order valence-electron chi connectivity index (χ1n) is 9.06. The topological polar surface area (TPSA) is 75.7 Å². The van der Waals surface area contributed by atoms with Gasteiger partial charge in [0.2, 0.25) is 17.7 Å². The molecule has 5 atom stereocenters. The van der Waals surface area contributed by atoms with Gasteiger partial charge in [-0.1, -0.05) is 31.2 Å². The lowest BCUT2D eigenvalue weighted by Gasteiger charge is -2.26. The Hall–Kier alpha value is -2.63. The fourth-order valence-electron chi connectivity index (χ4n) is 4.68. The van der Waals surface area contributed by atoms with Crippen molar-refractivity contribution < 1.29 is 19.1 Å². The lowest BCUT2D eigenvalue weighted by Crippen LogP contribution is -2.48. The Kier molecular flexibility index (Phi) is 4.05. The van der Waals surface area contributed by atoms with Crippen LogP contribution >= 0.6 is 0 Å². The summed E-state index contributed by atoms with van der Waals surface area (Å²) in [5.74, 6) is -0.510. The number of nitrogens with one attached hydrogen (secondary N) is 1. The summed E-state index contributed by atoms with van der Waals surface area (Å²) in [6.07, 6.45) is 5.36. The number of para-hydroxylation sites is 2. The van der Waals surface area contributed by atoms with Crippen LogP contribution in [0.1, 0.15) is 19.8 Å². The monoisotopic (exact) mass is 354 g/mol. The van der Waals surface area contributed by atoms with Gasteiger partial charge in [-0.15, -0.1) is 0 Å². The van der Waals surface area contributed by atoms with Gasteiger partial charge in [0.05, 0.1) is 24.6 Å². The lowest BCUT2D eigenvalue weighted by atomic mass is 9.85. The number of hydrogen-bond acceptors (Lipinski definition) is 4. The summed E-state index contributed by atoms with van der Waals surface area (Å²) in [6.45, 7) is 1.81. The van der Waals surface area contributed by atoms with Crippen LogP contribution in [0.3, 0.4) is 0 Å². The number of fused-ring (bicyclic) bond motifs is 5. The average Bonchev–Trinajstić information content (AvgIpc) is 3.32. The average molecular weight is 354 g/mol. The maximum atomic E-state index is 12.9. The van der Waals surface area contributed by atoms with Crippen LogP contribution in [-0.2, 0) is 14.4 Å². The molecule has 136 valence electrons. The van der Waals surface area contributed by atoms with E-state index in [0.717, 1.165) is 6.42 Å². The van der Waals surface area contributed by atoms with Crippen molar-refractivity contribution >= 4 is 23.4 Å².